The second-order valence-electron chi connectivity index (χ2n) is 11.4. The fourth-order valence-corrected chi connectivity index (χ4v) is 6.99. The number of thiophene rings is 1. The van der Waals surface area contributed by atoms with Gasteiger partial charge in [0.25, 0.3) is 0 Å². The minimum atomic E-state index is -0.773. The lowest BCUT2D eigenvalue weighted by Crippen LogP contribution is -2.40. The van der Waals surface area contributed by atoms with Gasteiger partial charge < -0.3 is 19.3 Å². The first-order chi connectivity index (χ1) is 21.8. The Morgan fingerprint density at radius 2 is 1.96 bits per heavy atom. The van der Waals surface area contributed by atoms with Gasteiger partial charge in [0.1, 0.15) is 41.1 Å². The van der Waals surface area contributed by atoms with Crippen LogP contribution in [-0.4, -0.2) is 77.5 Å². The molecule has 6 rings (SSSR count). The Morgan fingerprint density at radius 3 is 2.71 bits per heavy atom. The normalized spacial score (nSPS) is 17.2. The summed E-state index contributed by atoms with van der Waals surface area (Å²) in [7, 11) is 3.65. The van der Waals surface area contributed by atoms with Gasteiger partial charge in [-0.25, -0.2) is 13.8 Å². The van der Waals surface area contributed by atoms with Crippen LogP contribution in [0.5, 0.6) is 5.75 Å². The minimum Gasteiger partial charge on any atom is -0.490 e. The average Bonchev–Trinajstić information content (AvgIpc) is 3.69. The number of fused-ring (bicyclic) bond motifs is 2. The number of methoxy groups -OCH3 is 1. The van der Waals surface area contributed by atoms with E-state index in [1.54, 1.807) is 4.90 Å². The number of aromatic nitrogens is 3. The zero-order chi connectivity index (χ0) is 31.7. The van der Waals surface area contributed by atoms with E-state index in [0.29, 0.717) is 35.7 Å². The molecule has 1 fully saturated rings. The Balaban J connectivity index is 1.56. The van der Waals surface area contributed by atoms with Crippen LogP contribution in [0.1, 0.15) is 37.2 Å². The molecule has 8 nitrogen and oxygen atoms in total. The van der Waals surface area contributed by atoms with Crippen molar-refractivity contribution in [3.8, 4) is 40.1 Å². The molecule has 0 N–H and O–H groups in total. The van der Waals surface area contributed by atoms with Crippen LogP contribution < -0.4 is 4.74 Å². The van der Waals surface area contributed by atoms with E-state index in [9.17, 15) is 9.18 Å². The van der Waals surface area contributed by atoms with Crippen molar-refractivity contribution < 1.29 is 23.0 Å². The van der Waals surface area contributed by atoms with Gasteiger partial charge in [-0.1, -0.05) is 12.5 Å². The standard InChI is InChI=1S/C34H35F2N5O3S/c1-5-30(42)40-13-14-41-28(21(40)2)20-27(38-41)33-32(31-25(36)18-23(35)19-29(31)44-16-15-43-4)34-24(10-17-45-34)26(37-33)7-6-22-8-11-39(3)12-9-22/h5,10,17-22H,1,8-9,11-16H2,2-4H3. The average molecular weight is 632 g/mol. The number of piperidine rings is 1. The summed E-state index contributed by atoms with van der Waals surface area (Å²) in [5.41, 5.74) is 2.87. The summed E-state index contributed by atoms with van der Waals surface area (Å²) in [6.45, 7) is 8.86. The van der Waals surface area contributed by atoms with Crippen LogP contribution in [0.2, 0.25) is 0 Å². The van der Waals surface area contributed by atoms with Crippen molar-refractivity contribution in [3.63, 3.8) is 0 Å². The molecule has 1 atom stereocenters. The van der Waals surface area contributed by atoms with Crippen molar-refractivity contribution in [2.75, 3.05) is 47.0 Å². The number of rotatable bonds is 7. The van der Waals surface area contributed by atoms with Crippen molar-refractivity contribution >= 4 is 27.3 Å². The molecule has 1 saturated heterocycles. The maximum Gasteiger partial charge on any atom is 0.246 e. The van der Waals surface area contributed by atoms with E-state index < -0.39 is 11.6 Å². The molecule has 0 aliphatic carbocycles. The molecule has 0 saturated carbocycles. The third-order valence-electron chi connectivity index (χ3n) is 8.49. The minimum absolute atomic E-state index is 0.0487. The van der Waals surface area contributed by atoms with E-state index in [0.717, 1.165) is 47.8 Å². The molecule has 0 radical (unpaired) electrons. The highest BCUT2D eigenvalue weighted by molar-refractivity contribution is 7.17. The Bertz CT molecular complexity index is 1820. The molecule has 1 amide bonds. The van der Waals surface area contributed by atoms with Crippen molar-refractivity contribution in [2.24, 2.45) is 5.92 Å². The number of carbonyl (C=O) groups excluding carboxylic acids is 1. The number of hydrogen-bond acceptors (Lipinski definition) is 7. The first-order valence-electron chi connectivity index (χ1n) is 15.0. The van der Waals surface area contributed by atoms with Gasteiger partial charge in [0.05, 0.1) is 30.5 Å². The lowest BCUT2D eigenvalue weighted by atomic mass is 9.96. The predicted octanol–water partition coefficient (Wildman–Crippen LogP) is 5.91. The van der Waals surface area contributed by atoms with Gasteiger partial charge in [0, 0.05) is 47.4 Å². The molecule has 4 aromatic rings. The molecule has 5 heterocycles. The summed E-state index contributed by atoms with van der Waals surface area (Å²) in [5.74, 6) is 5.42. The van der Waals surface area contributed by atoms with Crippen LogP contribution in [0.25, 0.3) is 32.6 Å². The predicted molar refractivity (Wildman–Crippen MR) is 171 cm³/mol. The number of amides is 1. The van der Waals surface area contributed by atoms with Gasteiger partial charge in [0.2, 0.25) is 5.91 Å². The first kappa shape index (κ1) is 30.9. The number of ether oxygens (including phenoxy) is 2. The Labute approximate surface area is 265 Å². The molecule has 11 heteroatoms. The number of likely N-dealkylation sites (tertiary alicyclic amines) is 1. The summed E-state index contributed by atoms with van der Waals surface area (Å²) in [4.78, 5) is 21.7. The topological polar surface area (TPSA) is 72.7 Å². The fraction of sp³-hybridized carbons (Fsp3) is 0.382. The van der Waals surface area contributed by atoms with Crippen molar-refractivity contribution in [1.29, 1.82) is 0 Å². The van der Waals surface area contributed by atoms with Crippen molar-refractivity contribution in [1.82, 2.24) is 24.6 Å². The number of hydrogen-bond donors (Lipinski definition) is 0. The summed E-state index contributed by atoms with van der Waals surface area (Å²) in [5, 5.41) is 7.61. The summed E-state index contributed by atoms with van der Waals surface area (Å²) in [6.07, 6.45) is 3.27. The van der Waals surface area contributed by atoms with Crippen LogP contribution in [0.4, 0.5) is 8.78 Å². The fourth-order valence-electron chi connectivity index (χ4n) is 6.04. The molecular formula is C34H35F2N5O3S. The van der Waals surface area contributed by atoms with Gasteiger partial charge in [-0.2, -0.15) is 5.10 Å². The van der Waals surface area contributed by atoms with E-state index in [-0.39, 0.29) is 42.4 Å². The quantitative estimate of drug-likeness (QED) is 0.144. The van der Waals surface area contributed by atoms with Gasteiger partial charge in [0.15, 0.2) is 0 Å². The van der Waals surface area contributed by atoms with E-state index >= 15 is 4.39 Å². The molecule has 1 aromatic carbocycles. The van der Waals surface area contributed by atoms with Gasteiger partial charge in [-0.15, -0.1) is 11.3 Å². The summed E-state index contributed by atoms with van der Waals surface area (Å²) >= 11 is 1.43. The molecule has 234 valence electrons. The summed E-state index contributed by atoms with van der Waals surface area (Å²) < 4.78 is 44.1. The Hall–Kier alpha value is -4.11. The van der Waals surface area contributed by atoms with E-state index in [4.69, 9.17) is 19.6 Å². The highest BCUT2D eigenvalue weighted by atomic mass is 32.1. The van der Waals surface area contributed by atoms with Crippen molar-refractivity contribution in [3.05, 3.63) is 65.3 Å². The summed E-state index contributed by atoms with van der Waals surface area (Å²) in [6, 6.07) is 5.60. The van der Waals surface area contributed by atoms with Crippen LogP contribution in [0.15, 0.2) is 42.3 Å². The number of halogens is 2. The zero-order valence-electron chi connectivity index (χ0n) is 25.6. The zero-order valence-corrected chi connectivity index (χ0v) is 26.4. The largest absolute Gasteiger partial charge is 0.490 e. The maximum atomic E-state index is 15.9. The third-order valence-corrected chi connectivity index (χ3v) is 9.43. The number of benzene rings is 1. The van der Waals surface area contributed by atoms with E-state index in [1.165, 1.54) is 30.6 Å². The van der Waals surface area contributed by atoms with E-state index in [1.807, 2.05) is 29.1 Å². The highest BCUT2D eigenvalue weighted by Crippen LogP contribution is 2.45. The second-order valence-corrected chi connectivity index (χ2v) is 12.3. The Morgan fingerprint density at radius 1 is 1.16 bits per heavy atom. The lowest BCUT2D eigenvalue weighted by Gasteiger charge is -2.33. The number of carbonyl (C=O) groups is 1. The molecule has 2 aliphatic heterocycles. The third kappa shape index (κ3) is 6.10. The SMILES string of the molecule is C=CC(=O)N1CCn2nc(-c3nc(C#CC4CCN(C)CC4)c4ccsc4c3-c3c(F)cc(F)cc3OCCOC)cc2C1C. The van der Waals surface area contributed by atoms with Gasteiger partial charge in [-0.05, 0) is 69.4 Å². The second kappa shape index (κ2) is 13.1. The molecule has 0 spiro atoms. The van der Waals surface area contributed by atoms with Crippen molar-refractivity contribution in [2.45, 2.75) is 32.4 Å². The molecule has 3 aromatic heterocycles. The van der Waals surface area contributed by atoms with Crippen LogP contribution in [0, 0.1) is 29.4 Å². The molecule has 0 bridgehead atoms. The lowest BCUT2D eigenvalue weighted by molar-refractivity contribution is -0.129. The molecule has 45 heavy (non-hydrogen) atoms. The molecule has 2 aliphatic rings. The Kier molecular flexibility index (Phi) is 8.99. The van der Waals surface area contributed by atoms with Gasteiger partial charge in [-0.3, -0.25) is 9.48 Å². The van der Waals surface area contributed by atoms with E-state index in [2.05, 4.69) is 30.4 Å². The highest BCUT2D eigenvalue weighted by Gasteiger charge is 2.31. The molecule has 1 unspecified atom stereocenters. The van der Waals surface area contributed by atoms with Crippen LogP contribution >= 0.6 is 11.3 Å². The maximum absolute atomic E-state index is 15.9. The first-order valence-corrected chi connectivity index (χ1v) is 15.9. The number of nitrogens with zero attached hydrogens (tertiary/aromatic N) is 5. The molecular weight excluding hydrogens is 596 g/mol. The van der Waals surface area contributed by atoms with Crippen LogP contribution in [0.3, 0.4) is 0 Å². The smallest absolute Gasteiger partial charge is 0.246 e. The van der Waals surface area contributed by atoms with Gasteiger partial charge >= 0.3 is 0 Å². The monoisotopic (exact) mass is 631 g/mol. The van der Waals surface area contributed by atoms with Crippen LogP contribution in [-0.2, 0) is 16.1 Å². The number of pyridine rings is 1.